The number of thiophene rings is 2. The third kappa shape index (κ3) is 18.3. The average molecular weight is 1050 g/mol. The Hall–Kier alpha value is -7.15. The number of hydrogen-bond acceptors (Lipinski definition) is 11. The number of benzene rings is 1. The van der Waals surface area contributed by atoms with Crippen molar-refractivity contribution in [1.82, 2.24) is 49.7 Å². The second-order valence-electron chi connectivity index (χ2n) is 20.3. The van der Waals surface area contributed by atoms with Gasteiger partial charge in [-0.1, -0.05) is 121 Å². The smallest absolute Gasteiger partial charge is 0.123 e. The quantitative estimate of drug-likeness (QED) is 0.154. The van der Waals surface area contributed by atoms with Gasteiger partial charge in [0, 0.05) is 71.6 Å². The first-order valence-electron chi connectivity index (χ1n) is 26.4. The number of nitrogens with zero attached hydrogens (tertiary/aromatic N) is 10. The molecule has 0 radical (unpaired) electrons. The summed E-state index contributed by atoms with van der Waals surface area (Å²) in [7, 11) is 0. The van der Waals surface area contributed by atoms with Crippen LogP contribution >= 0.6 is 22.7 Å². The van der Waals surface area contributed by atoms with Gasteiger partial charge in [0.1, 0.15) is 11.2 Å². The molecule has 0 saturated heterocycles. The van der Waals surface area contributed by atoms with Crippen LogP contribution in [0.5, 0.6) is 0 Å². The minimum atomic E-state index is 0.507. The van der Waals surface area contributed by atoms with Gasteiger partial charge in [-0.2, -0.15) is 15.3 Å². The second-order valence-corrected chi connectivity index (χ2v) is 22.1. The Morgan fingerprint density at radius 3 is 1.57 bits per heavy atom. The Labute approximate surface area is 460 Å². The molecule has 0 aliphatic carbocycles. The fourth-order valence-electron chi connectivity index (χ4n) is 7.80. The van der Waals surface area contributed by atoms with E-state index in [-0.39, 0.29) is 0 Å². The number of rotatable bonds is 7. The highest BCUT2D eigenvalue weighted by Gasteiger charge is 2.08. The topological polar surface area (TPSA) is 120 Å². The minimum absolute atomic E-state index is 0.507. The Balaban J connectivity index is 0.000000165. The van der Waals surface area contributed by atoms with E-state index in [1.165, 1.54) is 54.4 Å². The molecule has 12 heteroatoms. The van der Waals surface area contributed by atoms with Crippen LogP contribution in [0.4, 0.5) is 0 Å². The van der Waals surface area contributed by atoms with Gasteiger partial charge in [0.05, 0.1) is 33.6 Å². The van der Waals surface area contributed by atoms with Crippen LogP contribution in [0.3, 0.4) is 0 Å². The van der Waals surface area contributed by atoms with E-state index in [4.69, 9.17) is 0 Å². The van der Waals surface area contributed by atoms with E-state index in [2.05, 4.69) is 207 Å². The van der Waals surface area contributed by atoms with Crippen LogP contribution in [0.2, 0.25) is 0 Å². The predicted molar refractivity (Wildman–Crippen MR) is 323 cm³/mol. The lowest BCUT2D eigenvalue weighted by Gasteiger charge is -2.08. The van der Waals surface area contributed by atoms with Gasteiger partial charge in [0.25, 0.3) is 0 Å². The molecule has 0 N–H and O–H groups in total. The van der Waals surface area contributed by atoms with Crippen molar-refractivity contribution in [2.24, 2.45) is 0 Å². The SMILES string of the molecule is CC(C)c1ccnc2ccccc12.CC(C)c1ccnc2ccsc12.CC(C)c1ccnc2sccc12.CC(C)c1ccncc1.CC(C)c1ccncn1.CC(C)c1ccnnc1.CC(C)c1cnn2ccccc12. The first-order valence-corrected chi connectivity index (χ1v) is 28.2. The average Bonchev–Trinajstić information content (AvgIpc) is 4.24. The number of para-hydroxylation sites is 1. The molecule has 0 spiro atoms. The van der Waals surface area contributed by atoms with E-state index in [1.54, 1.807) is 47.6 Å². The summed E-state index contributed by atoms with van der Waals surface area (Å²) in [6.45, 7) is 30.5. The highest BCUT2D eigenvalue weighted by Crippen LogP contribution is 2.29. The molecule has 396 valence electrons. The standard InChI is InChI=1S/C12H13N.C10H12N2.2C10H11NS.C8H11N.2C7H10N2/c1-9(2)10-7-8-13-12-6-4-3-5-11(10)12;1-8(2)9-7-11-12-6-4-3-5-10(9)12;1-7(2)8-3-5-11-9-4-6-12-10(8)9;1-7(2)8-3-5-11-10-9(8)4-6-12-10;1-7(2)8-3-5-9-6-4-8;1-6(2)7-3-4-8-5-9-7;1-6(2)7-3-4-8-9-5-7/h3-9H,1-2H3;3-8H,1-2H3;2*3-7H,1-2H3;3-7H,1-2H3;2*3-6H,1-2H3. The van der Waals surface area contributed by atoms with Gasteiger partial charge >= 0.3 is 0 Å². The van der Waals surface area contributed by atoms with Crippen molar-refractivity contribution in [1.29, 1.82) is 0 Å². The summed E-state index contributed by atoms with van der Waals surface area (Å²) in [5.41, 5.74) is 12.6. The first kappa shape index (κ1) is 59.7. The van der Waals surface area contributed by atoms with Crippen molar-refractivity contribution < 1.29 is 0 Å². The van der Waals surface area contributed by atoms with Crippen LogP contribution in [0.15, 0.2) is 176 Å². The van der Waals surface area contributed by atoms with Crippen molar-refractivity contribution in [3.63, 3.8) is 0 Å². The number of pyridine rings is 5. The van der Waals surface area contributed by atoms with Gasteiger partial charge in [0.2, 0.25) is 0 Å². The molecular formula is C64H78N10S2. The molecule has 0 unspecified atom stereocenters. The normalized spacial score (nSPS) is 10.8. The van der Waals surface area contributed by atoms with Gasteiger partial charge in [-0.25, -0.2) is 19.5 Å². The molecule has 10 nitrogen and oxygen atoms in total. The maximum Gasteiger partial charge on any atom is 0.123 e. The van der Waals surface area contributed by atoms with Gasteiger partial charge < -0.3 is 0 Å². The summed E-state index contributed by atoms with van der Waals surface area (Å²) >= 11 is 3.49. The summed E-state index contributed by atoms with van der Waals surface area (Å²) in [6.07, 6.45) is 20.1. The van der Waals surface area contributed by atoms with E-state index in [0.29, 0.717) is 41.4 Å². The van der Waals surface area contributed by atoms with Crippen LogP contribution in [0.1, 0.15) is 177 Å². The highest BCUT2D eigenvalue weighted by atomic mass is 32.1. The molecule has 0 saturated carbocycles. The zero-order valence-electron chi connectivity index (χ0n) is 47.1. The van der Waals surface area contributed by atoms with Gasteiger partial charge in [-0.15, -0.1) is 22.7 Å². The Kier molecular flexibility index (Phi) is 24.4. The van der Waals surface area contributed by atoms with Crippen molar-refractivity contribution >= 4 is 59.5 Å². The second kappa shape index (κ2) is 31.0. The number of aromatic nitrogens is 10. The zero-order chi connectivity index (χ0) is 55.0. The van der Waals surface area contributed by atoms with E-state index in [1.807, 2.05) is 90.4 Å². The summed E-state index contributed by atoms with van der Waals surface area (Å²) in [4.78, 5) is 25.9. The third-order valence-electron chi connectivity index (χ3n) is 12.2. The largest absolute Gasteiger partial charge is 0.265 e. The van der Waals surface area contributed by atoms with Crippen LogP contribution in [0.25, 0.3) is 36.9 Å². The van der Waals surface area contributed by atoms with E-state index >= 15 is 0 Å². The molecule has 0 aliphatic rings. The molecule has 0 aliphatic heterocycles. The van der Waals surface area contributed by atoms with Crippen LogP contribution in [-0.2, 0) is 0 Å². The van der Waals surface area contributed by atoms with Gasteiger partial charge in [-0.3, -0.25) is 15.0 Å². The molecule has 11 aromatic rings. The van der Waals surface area contributed by atoms with Crippen molar-refractivity contribution in [2.75, 3.05) is 0 Å². The van der Waals surface area contributed by atoms with Crippen LogP contribution < -0.4 is 0 Å². The van der Waals surface area contributed by atoms with E-state index < -0.39 is 0 Å². The summed E-state index contributed by atoms with van der Waals surface area (Å²) < 4.78 is 3.25. The Morgan fingerprint density at radius 2 is 0.987 bits per heavy atom. The zero-order valence-corrected chi connectivity index (χ0v) is 48.7. The lowest BCUT2D eigenvalue weighted by molar-refractivity contribution is 0.814. The Bertz CT molecular complexity index is 3130. The van der Waals surface area contributed by atoms with Gasteiger partial charge in [-0.05, 0) is 153 Å². The van der Waals surface area contributed by atoms with Crippen LogP contribution in [-0.4, -0.2) is 49.7 Å². The number of hydrogen-bond donors (Lipinski definition) is 0. The third-order valence-corrected chi connectivity index (χ3v) is 14.0. The number of fused-ring (bicyclic) bond motifs is 4. The lowest BCUT2D eigenvalue weighted by Crippen LogP contribution is -1.90. The molecule has 1 aromatic carbocycles. The van der Waals surface area contributed by atoms with Crippen molar-refractivity contribution in [3.05, 3.63) is 215 Å². The first-order chi connectivity index (χ1) is 36.6. The fraction of sp³-hybridized carbons (Fsp3) is 0.328. The molecule has 11 rings (SSSR count). The van der Waals surface area contributed by atoms with Crippen molar-refractivity contribution in [2.45, 2.75) is 138 Å². The summed E-state index contributed by atoms with van der Waals surface area (Å²) in [5, 5.41) is 18.5. The molecule has 10 heterocycles. The molecule has 0 amide bonds. The van der Waals surface area contributed by atoms with Crippen LogP contribution in [0, 0.1) is 0 Å². The maximum atomic E-state index is 4.32. The van der Waals surface area contributed by atoms with Crippen molar-refractivity contribution in [3.8, 4) is 0 Å². The minimum Gasteiger partial charge on any atom is -0.265 e. The lowest BCUT2D eigenvalue weighted by atomic mass is 9.99. The molecule has 0 bridgehead atoms. The molecule has 0 atom stereocenters. The fourth-order valence-corrected chi connectivity index (χ4v) is 9.58. The Morgan fingerprint density at radius 1 is 0.395 bits per heavy atom. The molecular weight excluding hydrogens is 973 g/mol. The van der Waals surface area contributed by atoms with Gasteiger partial charge in [0.15, 0.2) is 0 Å². The highest BCUT2D eigenvalue weighted by molar-refractivity contribution is 7.17. The van der Waals surface area contributed by atoms with E-state index in [0.717, 1.165) is 21.6 Å². The molecule has 76 heavy (non-hydrogen) atoms. The monoisotopic (exact) mass is 1050 g/mol. The van der Waals surface area contributed by atoms with E-state index in [9.17, 15) is 0 Å². The molecule has 10 aromatic heterocycles. The maximum absolute atomic E-state index is 4.32. The predicted octanol–water partition coefficient (Wildman–Crippen LogP) is 18.1. The summed E-state index contributed by atoms with van der Waals surface area (Å²) in [5.74, 6) is 3.97. The summed E-state index contributed by atoms with van der Waals surface area (Å²) in [6, 6.07) is 33.0. The molecule has 0 fully saturated rings.